The lowest BCUT2D eigenvalue weighted by molar-refractivity contribution is 0.0697. The minimum atomic E-state index is -1.23. The molecule has 0 spiro atoms. The molecule has 0 radical (unpaired) electrons. The molecule has 2 aromatic carbocycles. The molecule has 1 N–H and O–H groups in total. The highest BCUT2D eigenvalue weighted by atomic mass is 35.5. The van der Waals surface area contributed by atoms with E-state index in [1.54, 1.807) is 6.07 Å². The van der Waals surface area contributed by atoms with Gasteiger partial charge in [-0.25, -0.2) is 4.79 Å². The first-order valence-corrected chi connectivity index (χ1v) is 8.25. The van der Waals surface area contributed by atoms with E-state index in [1.807, 2.05) is 12.1 Å². The van der Waals surface area contributed by atoms with E-state index in [-0.39, 0.29) is 16.5 Å². The Morgan fingerprint density at radius 2 is 2.05 bits per heavy atom. The molecular formula is C16H13ClO3S. The number of fused-ring (bicyclic) bond motifs is 1. The maximum Gasteiger partial charge on any atom is 0.337 e. The van der Waals surface area contributed by atoms with Crippen LogP contribution in [0.4, 0.5) is 0 Å². The lowest BCUT2D eigenvalue weighted by Crippen LogP contribution is -2.22. The van der Waals surface area contributed by atoms with E-state index in [0.29, 0.717) is 10.6 Å². The number of benzene rings is 2. The third-order valence-corrected chi connectivity index (χ3v) is 5.56. The first-order chi connectivity index (χ1) is 10.1. The monoisotopic (exact) mass is 320 g/mol. The first-order valence-electron chi connectivity index (χ1n) is 6.55. The fourth-order valence-electron chi connectivity index (χ4n) is 2.60. The Morgan fingerprint density at radius 1 is 1.29 bits per heavy atom. The number of carbonyl (C=O) groups is 1. The van der Waals surface area contributed by atoms with Gasteiger partial charge >= 0.3 is 5.97 Å². The van der Waals surface area contributed by atoms with Crippen LogP contribution in [0.2, 0.25) is 5.02 Å². The van der Waals surface area contributed by atoms with Crippen LogP contribution in [-0.4, -0.2) is 21.0 Å². The summed E-state index contributed by atoms with van der Waals surface area (Å²) in [6.07, 6.45) is 0.932. The standard InChI is InChI=1S/C16H13ClO3S/c17-15-6-5-12(8-14(15)16(18)19)21(20)9-11-7-10-3-1-2-4-13(10)11/h1-6,8,11H,7,9H2,(H,18,19). The summed E-state index contributed by atoms with van der Waals surface area (Å²) in [4.78, 5) is 11.6. The Balaban J connectivity index is 1.78. The molecule has 1 aliphatic carbocycles. The molecule has 0 heterocycles. The maximum atomic E-state index is 12.4. The molecule has 3 nitrogen and oxygen atoms in total. The predicted octanol–water partition coefficient (Wildman–Crippen LogP) is 3.49. The van der Waals surface area contributed by atoms with Crippen molar-refractivity contribution in [2.75, 3.05) is 5.75 Å². The van der Waals surface area contributed by atoms with Crippen molar-refractivity contribution in [3.8, 4) is 0 Å². The van der Waals surface area contributed by atoms with Gasteiger partial charge in [0.05, 0.1) is 21.4 Å². The van der Waals surface area contributed by atoms with Gasteiger partial charge in [-0.3, -0.25) is 4.21 Å². The van der Waals surface area contributed by atoms with E-state index in [1.165, 1.54) is 23.3 Å². The molecule has 5 heteroatoms. The van der Waals surface area contributed by atoms with E-state index in [0.717, 1.165) is 6.42 Å². The van der Waals surface area contributed by atoms with Crippen molar-refractivity contribution < 1.29 is 14.1 Å². The highest BCUT2D eigenvalue weighted by Gasteiger charge is 2.27. The summed E-state index contributed by atoms with van der Waals surface area (Å²) in [5.74, 6) is -0.309. The molecule has 1 aliphatic rings. The molecule has 3 rings (SSSR count). The van der Waals surface area contributed by atoms with Crippen LogP contribution in [0.1, 0.15) is 27.4 Å². The van der Waals surface area contributed by atoms with Crippen molar-refractivity contribution in [3.63, 3.8) is 0 Å². The van der Waals surface area contributed by atoms with Crippen LogP contribution in [0.15, 0.2) is 47.4 Å². The Hall–Kier alpha value is -1.65. The second-order valence-electron chi connectivity index (χ2n) is 5.06. The topological polar surface area (TPSA) is 54.4 Å². The summed E-state index contributed by atoms with van der Waals surface area (Å²) in [7, 11) is -1.23. The molecule has 2 unspecified atom stereocenters. The number of carboxylic acids is 1. The molecule has 0 saturated heterocycles. The lowest BCUT2D eigenvalue weighted by Gasteiger charge is -2.29. The van der Waals surface area contributed by atoms with Gasteiger partial charge in [0.2, 0.25) is 0 Å². The summed E-state index contributed by atoms with van der Waals surface area (Å²) < 4.78 is 12.4. The normalized spacial score (nSPS) is 17.7. The lowest BCUT2D eigenvalue weighted by atomic mass is 9.79. The summed E-state index contributed by atoms with van der Waals surface area (Å²) >= 11 is 5.83. The van der Waals surface area contributed by atoms with Crippen LogP contribution in [0, 0.1) is 0 Å². The van der Waals surface area contributed by atoms with Gasteiger partial charge in [-0.2, -0.15) is 0 Å². The average molecular weight is 321 g/mol. The van der Waals surface area contributed by atoms with E-state index < -0.39 is 16.8 Å². The van der Waals surface area contributed by atoms with Crippen LogP contribution in [0.3, 0.4) is 0 Å². The number of aromatic carboxylic acids is 1. The Bertz CT molecular complexity index is 742. The zero-order valence-corrected chi connectivity index (χ0v) is 12.7. The number of carboxylic acid groups (broad SMARTS) is 1. The smallest absolute Gasteiger partial charge is 0.337 e. The van der Waals surface area contributed by atoms with Crippen LogP contribution in [-0.2, 0) is 17.2 Å². The summed E-state index contributed by atoms with van der Waals surface area (Å²) in [5, 5.41) is 9.22. The van der Waals surface area contributed by atoms with Gasteiger partial charge < -0.3 is 5.11 Å². The Labute approximate surface area is 130 Å². The molecule has 108 valence electrons. The van der Waals surface area contributed by atoms with E-state index >= 15 is 0 Å². The molecule has 0 aliphatic heterocycles. The van der Waals surface area contributed by atoms with Gasteiger partial charge in [-0.1, -0.05) is 35.9 Å². The molecule has 2 atom stereocenters. The molecule has 0 saturated carbocycles. The van der Waals surface area contributed by atoms with Gasteiger partial charge in [-0.05, 0) is 35.7 Å². The van der Waals surface area contributed by atoms with Crippen LogP contribution in [0.5, 0.6) is 0 Å². The average Bonchev–Trinajstić information content (AvgIpc) is 2.44. The largest absolute Gasteiger partial charge is 0.478 e. The summed E-state index contributed by atoms with van der Waals surface area (Å²) in [6.45, 7) is 0. The van der Waals surface area contributed by atoms with Crippen molar-refractivity contribution in [1.29, 1.82) is 0 Å². The molecule has 2 aromatic rings. The van der Waals surface area contributed by atoms with E-state index in [4.69, 9.17) is 16.7 Å². The molecule has 0 aromatic heterocycles. The number of halogens is 1. The first kappa shape index (κ1) is 14.3. The van der Waals surface area contributed by atoms with Crippen molar-refractivity contribution >= 4 is 28.4 Å². The zero-order valence-electron chi connectivity index (χ0n) is 11.1. The van der Waals surface area contributed by atoms with Gasteiger partial charge in [0.1, 0.15) is 0 Å². The quantitative estimate of drug-likeness (QED) is 0.938. The van der Waals surface area contributed by atoms with Gasteiger partial charge in [0.15, 0.2) is 0 Å². The Kier molecular flexibility index (Phi) is 3.83. The summed E-state index contributed by atoms with van der Waals surface area (Å²) in [6, 6.07) is 12.7. The third kappa shape index (κ3) is 2.74. The van der Waals surface area contributed by atoms with Gasteiger partial charge in [0, 0.05) is 16.6 Å². The van der Waals surface area contributed by atoms with Gasteiger partial charge in [0.25, 0.3) is 0 Å². The second-order valence-corrected chi connectivity index (χ2v) is 6.96. The third-order valence-electron chi connectivity index (χ3n) is 3.74. The molecular weight excluding hydrogens is 308 g/mol. The fraction of sp³-hybridized carbons (Fsp3) is 0.188. The van der Waals surface area contributed by atoms with Crippen molar-refractivity contribution in [2.24, 2.45) is 0 Å². The molecule has 0 amide bonds. The van der Waals surface area contributed by atoms with Crippen LogP contribution < -0.4 is 0 Å². The van der Waals surface area contributed by atoms with Crippen molar-refractivity contribution in [2.45, 2.75) is 17.2 Å². The highest BCUT2D eigenvalue weighted by Crippen LogP contribution is 2.36. The highest BCUT2D eigenvalue weighted by molar-refractivity contribution is 7.85. The predicted molar refractivity (Wildman–Crippen MR) is 82.6 cm³/mol. The van der Waals surface area contributed by atoms with Crippen molar-refractivity contribution in [3.05, 3.63) is 64.2 Å². The van der Waals surface area contributed by atoms with Gasteiger partial charge in [-0.15, -0.1) is 0 Å². The summed E-state index contributed by atoms with van der Waals surface area (Å²) in [5.41, 5.74) is 2.55. The van der Waals surface area contributed by atoms with Crippen LogP contribution in [0.25, 0.3) is 0 Å². The number of hydrogen-bond acceptors (Lipinski definition) is 2. The van der Waals surface area contributed by atoms with E-state index in [2.05, 4.69) is 12.1 Å². The number of hydrogen-bond donors (Lipinski definition) is 1. The minimum absolute atomic E-state index is 0.00322. The van der Waals surface area contributed by atoms with E-state index in [9.17, 15) is 9.00 Å². The molecule has 0 bridgehead atoms. The zero-order chi connectivity index (χ0) is 15.0. The molecule has 21 heavy (non-hydrogen) atoms. The fourth-order valence-corrected chi connectivity index (χ4v) is 4.12. The number of rotatable bonds is 4. The SMILES string of the molecule is O=C(O)c1cc(S(=O)CC2Cc3ccccc32)ccc1Cl. The Morgan fingerprint density at radius 3 is 2.76 bits per heavy atom. The maximum absolute atomic E-state index is 12.4. The van der Waals surface area contributed by atoms with Crippen LogP contribution >= 0.6 is 11.6 Å². The minimum Gasteiger partial charge on any atom is -0.478 e. The van der Waals surface area contributed by atoms with Crippen molar-refractivity contribution in [1.82, 2.24) is 0 Å². The molecule has 0 fully saturated rings. The second kappa shape index (κ2) is 5.62.